The topological polar surface area (TPSA) is 37.0 Å². The van der Waals surface area contributed by atoms with Crippen molar-refractivity contribution in [2.75, 3.05) is 0 Å². The summed E-state index contributed by atoms with van der Waals surface area (Å²) in [5.41, 5.74) is 1.53. The third-order valence-corrected chi connectivity index (χ3v) is 1.92. The molecule has 0 amide bonds. The molecule has 2 aromatic rings. The molecular formula is C11H11NO. The van der Waals surface area contributed by atoms with Gasteiger partial charge in [-0.1, -0.05) is 18.2 Å². The molecule has 2 nitrogen and oxygen atoms in total. The predicted molar refractivity (Wildman–Crippen MR) is 53.3 cm³/mol. The normalized spacial score (nSPS) is 10.5. The summed E-state index contributed by atoms with van der Waals surface area (Å²) in [5, 5.41) is 8.46. The van der Waals surface area contributed by atoms with Crippen molar-refractivity contribution in [3.05, 3.63) is 36.1 Å². The Balaban J connectivity index is 2.44. The van der Waals surface area contributed by atoms with Gasteiger partial charge < -0.3 is 9.83 Å². The standard InChI is InChI=1S/C11H11NO/c1-8(12)6-10-7-9-4-2-3-5-11(9)13-10/h2-5,7,12H,6H2,1H3. The number of furan rings is 1. The minimum Gasteiger partial charge on any atom is -0.461 e. The van der Waals surface area contributed by atoms with E-state index in [1.54, 1.807) is 6.92 Å². The van der Waals surface area contributed by atoms with Crippen molar-refractivity contribution >= 4 is 16.7 Å². The zero-order valence-corrected chi connectivity index (χ0v) is 7.50. The minimum absolute atomic E-state index is 0.606. The Morgan fingerprint density at radius 3 is 2.85 bits per heavy atom. The first-order valence-electron chi connectivity index (χ1n) is 4.27. The maximum absolute atomic E-state index is 7.35. The number of rotatable bonds is 2. The Morgan fingerprint density at radius 2 is 2.15 bits per heavy atom. The molecule has 0 spiro atoms. The summed E-state index contributed by atoms with van der Waals surface area (Å²) in [4.78, 5) is 0. The third-order valence-electron chi connectivity index (χ3n) is 1.92. The van der Waals surface area contributed by atoms with Crippen LogP contribution in [0.2, 0.25) is 0 Å². The van der Waals surface area contributed by atoms with Crippen LogP contribution in [0.3, 0.4) is 0 Å². The molecular weight excluding hydrogens is 162 g/mol. The van der Waals surface area contributed by atoms with E-state index in [4.69, 9.17) is 9.83 Å². The fourth-order valence-electron chi connectivity index (χ4n) is 1.39. The molecule has 0 bridgehead atoms. The fraction of sp³-hybridized carbons (Fsp3) is 0.182. The molecule has 2 heteroatoms. The van der Waals surface area contributed by atoms with Gasteiger partial charge in [0.1, 0.15) is 11.3 Å². The molecule has 66 valence electrons. The highest BCUT2D eigenvalue weighted by Crippen LogP contribution is 2.18. The van der Waals surface area contributed by atoms with Crippen LogP contribution in [-0.2, 0) is 6.42 Å². The molecule has 1 aromatic heterocycles. The SMILES string of the molecule is CC(=N)Cc1cc2ccccc2o1. The molecule has 1 aromatic carbocycles. The summed E-state index contributed by atoms with van der Waals surface area (Å²) in [7, 11) is 0. The van der Waals surface area contributed by atoms with Crippen LogP contribution in [0.5, 0.6) is 0 Å². The third kappa shape index (κ3) is 1.61. The van der Waals surface area contributed by atoms with Crippen molar-refractivity contribution in [3.63, 3.8) is 0 Å². The van der Waals surface area contributed by atoms with E-state index in [0.717, 1.165) is 16.7 Å². The minimum atomic E-state index is 0.606. The van der Waals surface area contributed by atoms with E-state index < -0.39 is 0 Å². The Labute approximate surface area is 76.7 Å². The first-order valence-corrected chi connectivity index (χ1v) is 4.27. The average molecular weight is 173 g/mol. The number of hydrogen-bond acceptors (Lipinski definition) is 2. The van der Waals surface area contributed by atoms with Crippen LogP contribution in [0.4, 0.5) is 0 Å². The smallest absolute Gasteiger partial charge is 0.134 e. The summed E-state index contributed by atoms with van der Waals surface area (Å²) in [6.45, 7) is 1.78. The van der Waals surface area contributed by atoms with Crippen LogP contribution in [0.15, 0.2) is 34.7 Å². The van der Waals surface area contributed by atoms with Gasteiger partial charge in [0, 0.05) is 17.5 Å². The van der Waals surface area contributed by atoms with Crippen LogP contribution in [-0.4, -0.2) is 5.71 Å². The van der Waals surface area contributed by atoms with E-state index in [-0.39, 0.29) is 0 Å². The molecule has 0 saturated carbocycles. The monoisotopic (exact) mass is 173 g/mol. The number of fused-ring (bicyclic) bond motifs is 1. The average Bonchev–Trinajstić information content (AvgIpc) is 2.44. The lowest BCUT2D eigenvalue weighted by Crippen LogP contribution is -1.92. The van der Waals surface area contributed by atoms with E-state index >= 15 is 0 Å². The quantitative estimate of drug-likeness (QED) is 0.696. The summed E-state index contributed by atoms with van der Waals surface area (Å²) in [6, 6.07) is 9.89. The largest absolute Gasteiger partial charge is 0.461 e. The van der Waals surface area contributed by atoms with Crippen molar-refractivity contribution < 1.29 is 4.42 Å². The lowest BCUT2D eigenvalue weighted by atomic mass is 10.2. The molecule has 1 heterocycles. The van der Waals surface area contributed by atoms with E-state index in [9.17, 15) is 0 Å². The van der Waals surface area contributed by atoms with Crippen LogP contribution in [0.25, 0.3) is 11.0 Å². The summed E-state index contributed by atoms with van der Waals surface area (Å²) >= 11 is 0. The van der Waals surface area contributed by atoms with Crippen molar-refractivity contribution in [2.45, 2.75) is 13.3 Å². The maximum Gasteiger partial charge on any atom is 0.134 e. The molecule has 1 N–H and O–H groups in total. The van der Waals surface area contributed by atoms with Crippen molar-refractivity contribution in [1.82, 2.24) is 0 Å². The maximum atomic E-state index is 7.35. The van der Waals surface area contributed by atoms with Gasteiger partial charge in [0.15, 0.2) is 0 Å². The molecule has 0 atom stereocenters. The molecule has 0 aliphatic carbocycles. The lowest BCUT2D eigenvalue weighted by molar-refractivity contribution is 0.569. The van der Waals surface area contributed by atoms with E-state index in [1.807, 2.05) is 30.3 Å². The number of nitrogens with one attached hydrogen (secondary N) is 1. The Hall–Kier alpha value is -1.57. The molecule has 0 saturated heterocycles. The zero-order chi connectivity index (χ0) is 9.26. The van der Waals surface area contributed by atoms with Gasteiger partial charge in [-0.3, -0.25) is 0 Å². The summed E-state index contributed by atoms with van der Waals surface area (Å²) < 4.78 is 5.54. The second-order valence-corrected chi connectivity index (χ2v) is 3.21. The highest BCUT2D eigenvalue weighted by atomic mass is 16.3. The van der Waals surface area contributed by atoms with Gasteiger partial charge in [-0.05, 0) is 19.1 Å². The van der Waals surface area contributed by atoms with Gasteiger partial charge in [-0.15, -0.1) is 0 Å². The fourth-order valence-corrected chi connectivity index (χ4v) is 1.39. The van der Waals surface area contributed by atoms with Gasteiger partial charge in [-0.25, -0.2) is 0 Å². The van der Waals surface area contributed by atoms with Crippen molar-refractivity contribution in [2.24, 2.45) is 0 Å². The van der Waals surface area contributed by atoms with Crippen LogP contribution in [0, 0.1) is 5.41 Å². The predicted octanol–water partition coefficient (Wildman–Crippen LogP) is 3.01. The van der Waals surface area contributed by atoms with Crippen LogP contribution >= 0.6 is 0 Å². The van der Waals surface area contributed by atoms with E-state index in [0.29, 0.717) is 12.1 Å². The van der Waals surface area contributed by atoms with E-state index in [2.05, 4.69) is 0 Å². The summed E-state index contributed by atoms with van der Waals surface area (Å²) in [5.74, 6) is 0.869. The number of hydrogen-bond donors (Lipinski definition) is 1. The first kappa shape index (κ1) is 8.05. The van der Waals surface area contributed by atoms with Crippen LogP contribution < -0.4 is 0 Å². The van der Waals surface area contributed by atoms with E-state index in [1.165, 1.54) is 0 Å². The van der Waals surface area contributed by atoms with Gasteiger partial charge in [0.05, 0.1) is 0 Å². The second-order valence-electron chi connectivity index (χ2n) is 3.21. The Morgan fingerprint density at radius 1 is 1.38 bits per heavy atom. The number of benzene rings is 1. The molecule has 13 heavy (non-hydrogen) atoms. The number of para-hydroxylation sites is 1. The Bertz CT molecular complexity index is 409. The highest BCUT2D eigenvalue weighted by molar-refractivity contribution is 5.83. The molecule has 0 radical (unpaired) electrons. The first-order chi connectivity index (χ1) is 6.25. The zero-order valence-electron chi connectivity index (χ0n) is 7.50. The molecule has 0 aliphatic heterocycles. The highest BCUT2D eigenvalue weighted by Gasteiger charge is 2.02. The Kier molecular flexibility index (Phi) is 1.89. The molecule has 0 unspecified atom stereocenters. The lowest BCUT2D eigenvalue weighted by Gasteiger charge is -1.90. The van der Waals surface area contributed by atoms with Gasteiger partial charge in [-0.2, -0.15) is 0 Å². The van der Waals surface area contributed by atoms with Gasteiger partial charge >= 0.3 is 0 Å². The second kappa shape index (κ2) is 3.05. The molecule has 2 rings (SSSR count). The van der Waals surface area contributed by atoms with Gasteiger partial charge in [0.2, 0.25) is 0 Å². The summed E-state index contributed by atoms with van der Waals surface area (Å²) in [6.07, 6.45) is 0.606. The molecule has 0 fully saturated rings. The van der Waals surface area contributed by atoms with Crippen molar-refractivity contribution in [3.8, 4) is 0 Å². The van der Waals surface area contributed by atoms with Gasteiger partial charge in [0.25, 0.3) is 0 Å². The van der Waals surface area contributed by atoms with Crippen molar-refractivity contribution in [1.29, 1.82) is 5.41 Å². The molecule has 0 aliphatic rings. The van der Waals surface area contributed by atoms with Crippen LogP contribution in [0.1, 0.15) is 12.7 Å².